The van der Waals surface area contributed by atoms with Gasteiger partial charge in [0.1, 0.15) is 6.10 Å². The van der Waals surface area contributed by atoms with Crippen molar-refractivity contribution in [2.45, 2.75) is 18.6 Å². The lowest BCUT2D eigenvalue weighted by molar-refractivity contribution is 0.361. The highest BCUT2D eigenvalue weighted by atomic mass is 79.9. The Morgan fingerprint density at radius 2 is 2.36 bits per heavy atom. The van der Waals surface area contributed by atoms with Crippen molar-refractivity contribution >= 4 is 15.9 Å². The molecule has 0 radical (unpaired) electrons. The average Bonchev–Trinajstić information content (AvgIpc) is 2.63. The quantitative estimate of drug-likeness (QED) is 0.600. The van der Waals surface area contributed by atoms with Gasteiger partial charge in [-0.15, -0.1) is 0 Å². The maximum Gasteiger partial charge on any atom is 0.110 e. The molecular formula is C9H7BrO. The molecule has 1 nitrogen and oxygen atoms in total. The van der Waals surface area contributed by atoms with Gasteiger partial charge in [-0.3, -0.25) is 0 Å². The maximum atomic E-state index is 5.40. The first-order valence-electron chi connectivity index (χ1n) is 3.78. The zero-order chi connectivity index (χ0) is 7.42. The van der Waals surface area contributed by atoms with Gasteiger partial charge in [-0.1, -0.05) is 22.0 Å². The standard InChI is InChI=1S/C9H7BrO/c10-6-1-2-7-5(3-6)4-8-9(7)11-8/h1-3,8-9H,4H2/t8?,9-/m0/s1. The first kappa shape index (κ1) is 6.21. The highest BCUT2D eigenvalue weighted by Gasteiger charge is 2.46. The van der Waals surface area contributed by atoms with Crippen LogP contribution in [0.2, 0.25) is 0 Å². The van der Waals surface area contributed by atoms with Crippen LogP contribution in [-0.4, -0.2) is 6.10 Å². The lowest BCUT2D eigenvalue weighted by atomic mass is 10.1. The Balaban J connectivity index is 2.18. The summed E-state index contributed by atoms with van der Waals surface area (Å²) in [5.74, 6) is 0. The van der Waals surface area contributed by atoms with Gasteiger partial charge in [-0.25, -0.2) is 0 Å². The molecule has 0 bridgehead atoms. The molecule has 0 amide bonds. The molecule has 2 heteroatoms. The Labute approximate surface area is 73.5 Å². The second kappa shape index (κ2) is 1.87. The predicted molar refractivity (Wildman–Crippen MR) is 45.5 cm³/mol. The molecule has 2 aliphatic rings. The van der Waals surface area contributed by atoms with Crippen LogP contribution < -0.4 is 0 Å². The number of fused-ring (bicyclic) bond motifs is 3. The maximum absolute atomic E-state index is 5.40. The number of epoxide rings is 1. The molecule has 1 saturated heterocycles. The molecule has 1 aromatic carbocycles. The Morgan fingerprint density at radius 1 is 1.45 bits per heavy atom. The summed E-state index contributed by atoms with van der Waals surface area (Å²) in [6, 6.07) is 6.45. The average molecular weight is 211 g/mol. The van der Waals surface area contributed by atoms with Gasteiger partial charge in [0, 0.05) is 10.9 Å². The molecule has 1 aliphatic carbocycles. The van der Waals surface area contributed by atoms with Crippen LogP contribution in [0, 0.1) is 0 Å². The Hall–Kier alpha value is -0.340. The van der Waals surface area contributed by atoms with Gasteiger partial charge in [-0.2, -0.15) is 0 Å². The first-order chi connectivity index (χ1) is 5.34. The molecule has 11 heavy (non-hydrogen) atoms. The van der Waals surface area contributed by atoms with Crippen molar-refractivity contribution in [2.24, 2.45) is 0 Å². The number of halogens is 1. The third-order valence-electron chi connectivity index (χ3n) is 2.42. The van der Waals surface area contributed by atoms with Gasteiger partial charge < -0.3 is 4.74 Å². The molecule has 56 valence electrons. The zero-order valence-electron chi connectivity index (χ0n) is 5.88. The van der Waals surface area contributed by atoms with Gasteiger partial charge in [0.25, 0.3) is 0 Å². The second-order valence-electron chi connectivity index (χ2n) is 3.14. The minimum atomic E-state index is 0.443. The van der Waals surface area contributed by atoms with E-state index >= 15 is 0 Å². The van der Waals surface area contributed by atoms with E-state index in [0.29, 0.717) is 12.2 Å². The Bertz CT molecular complexity index is 321. The van der Waals surface area contributed by atoms with E-state index in [0.717, 1.165) is 6.42 Å². The van der Waals surface area contributed by atoms with Crippen molar-refractivity contribution in [1.29, 1.82) is 0 Å². The molecule has 0 saturated carbocycles. The van der Waals surface area contributed by atoms with E-state index in [2.05, 4.69) is 34.1 Å². The molecule has 3 rings (SSSR count). The fourth-order valence-corrected chi connectivity index (χ4v) is 2.23. The minimum Gasteiger partial charge on any atom is -0.364 e. The number of hydrogen-bond acceptors (Lipinski definition) is 1. The SMILES string of the molecule is Brc1ccc2c(c1)CC1O[C@@H]21. The van der Waals surface area contributed by atoms with Gasteiger partial charge in [0.2, 0.25) is 0 Å². The van der Waals surface area contributed by atoms with Crippen molar-refractivity contribution in [3.63, 3.8) is 0 Å². The monoisotopic (exact) mass is 210 g/mol. The number of rotatable bonds is 0. The molecule has 2 atom stereocenters. The topological polar surface area (TPSA) is 12.5 Å². The minimum absolute atomic E-state index is 0.443. The summed E-state index contributed by atoms with van der Waals surface area (Å²) in [6.45, 7) is 0. The van der Waals surface area contributed by atoms with Crippen LogP contribution in [0.3, 0.4) is 0 Å². The van der Waals surface area contributed by atoms with Gasteiger partial charge in [0.05, 0.1) is 6.10 Å². The van der Waals surface area contributed by atoms with Crippen LogP contribution in [0.15, 0.2) is 22.7 Å². The highest BCUT2D eigenvalue weighted by Crippen LogP contribution is 2.48. The number of benzene rings is 1. The summed E-state index contributed by atoms with van der Waals surface area (Å²) in [5, 5.41) is 0. The first-order valence-corrected chi connectivity index (χ1v) is 4.58. The lowest BCUT2D eigenvalue weighted by Crippen LogP contribution is -1.87. The van der Waals surface area contributed by atoms with Crippen LogP contribution in [0.1, 0.15) is 17.2 Å². The van der Waals surface area contributed by atoms with E-state index in [4.69, 9.17) is 4.74 Å². The van der Waals surface area contributed by atoms with E-state index < -0.39 is 0 Å². The highest BCUT2D eigenvalue weighted by molar-refractivity contribution is 9.10. The number of ether oxygens (including phenoxy) is 1. The lowest BCUT2D eigenvalue weighted by Gasteiger charge is -2.00. The summed E-state index contributed by atoms with van der Waals surface area (Å²) < 4.78 is 6.58. The van der Waals surface area contributed by atoms with E-state index in [1.54, 1.807) is 0 Å². The zero-order valence-corrected chi connectivity index (χ0v) is 7.47. The predicted octanol–water partition coefficient (Wildman–Crippen LogP) is 2.45. The van der Waals surface area contributed by atoms with Crippen LogP contribution in [0.4, 0.5) is 0 Å². The summed E-state index contributed by atoms with van der Waals surface area (Å²) in [6.07, 6.45) is 2.07. The third-order valence-corrected chi connectivity index (χ3v) is 2.91. The van der Waals surface area contributed by atoms with Gasteiger partial charge >= 0.3 is 0 Å². The molecule has 1 unspecified atom stereocenters. The molecule has 0 aromatic heterocycles. The largest absolute Gasteiger partial charge is 0.364 e. The van der Waals surface area contributed by atoms with Crippen molar-refractivity contribution < 1.29 is 4.74 Å². The third kappa shape index (κ3) is 0.797. The molecule has 1 fully saturated rings. The van der Waals surface area contributed by atoms with Crippen LogP contribution in [-0.2, 0) is 11.2 Å². The van der Waals surface area contributed by atoms with E-state index in [1.807, 2.05) is 0 Å². The van der Waals surface area contributed by atoms with Crippen LogP contribution in [0.25, 0.3) is 0 Å². The van der Waals surface area contributed by atoms with Crippen molar-refractivity contribution in [3.05, 3.63) is 33.8 Å². The normalized spacial score (nSPS) is 31.4. The van der Waals surface area contributed by atoms with Crippen molar-refractivity contribution in [3.8, 4) is 0 Å². The van der Waals surface area contributed by atoms with E-state index in [1.165, 1.54) is 15.6 Å². The van der Waals surface area contributed by atoms with Crippen molar-refractivity contribution in [2.75, 3.05) is 0 Å². The fraction of sp³-hybridized carbons (Fsp3) is 0.333. The number of hydrogen-bond donors (Lipinski definition) is 0. The summed E-state index contributed by atoms with van der Waals surface area (Å²) >= 11 is 3.46. The molecule has 0 spiro atoms. The molecular weight excluding hydrogens is 204 g/mol. The molecule has 0 N–H and O–H groups in total. The van der Waals surface area contributed by atoms with Crippen LogP contribution >= 0.6 is 15.9 Å². The summed E-state index contributed by atoms with van der Waals surface area (Å²) in [7, 11) is 0. The van der Waals surface area contributed by atoms with Gasteiger partial charge in [-0.05, 0) is 23.3 Å². The van der Waals surface area contributed by atoms with E-state index in [-0.39, 0.29) is 0 Å². The van der Waals surface area contributed by atoms with Crippen LogP contribution in [0.5, 0.6) is 0 Å². The summed E-state index contributed by atoms with van der Waals surface area (Å²) in [5.41, 5.74) is 2.86. The molecule has 1 aliphatic heterocycles. The smallest absolute Gasteiger partial charge is 0.110 e. The van der Waals surface area contributed by atoms with E-state index in [9.17, 15) is 0 Å². The Morgan fingerprint density at radius 3 is 3.27 bits per heavy atom. The van der Waals surface area contributed by atoms with Gasteiger partial charge in [0.15, 0.2) is 0 Å². The fourth-order valence-electron chi connectivity index (χ4n) is 1.82. The Kier molecular flexibility index (Phi) is 1.06. The summed E-state index contributed by atoms with van der Waals surface area (Å²) in [4.78, 5) is 0. The second-order valence-corrected chi connectivity index (χ2v) is 4.06. The van der Waals surface area contributed by atoms with Crippen molar-refractivity contribution in [1.82, 2.24) is 0 Å². The molecule has 1 heterocycles. The molecule has 1 aromatic rings.